The average Bonchev–Trinajstić information content (AvgIpc) is 3.11. The monoisotopic (exact) mass is 369 g/mol. The van der Waals surface area contributed by atoms with E-state index in [0.717, 1.165) is 23.4 Å². The Kier molecular flexibility index (Phi) is 4.94. The van der Waals surface area contributed by atoms with Crippen LogP contribution in [-0.2, 0) is 0 Å². The minimum atomic E-state index is -0.796. The van der Waals surface area contributed by atoms with Crippen molar-refractivity contribution in [2.45, 2.75) is 0 Å². The molecule has 0 saturated carbocycles. The number of nitro groups is 2. The van der Waals surface area contributed by atoms with E-state index in [-0.39, 0.29) is 0 Å². The van der Waals surface area contributed by atoms with Gasteiger partial charge in [0.15, 0.2) is 0 Å². The second kappa shape index (κ2) is 7.49. The summed E-state index contributed by atoms with van der Waals surface area (Å²) in [6.07, 6.45) is 1.33. The molecule has 0 aliphatic carbocycles. The number of hydrazone groups is 1. The highest BCUT2D eigenvalue weighted by Gasteiger charge is 2.23. The van der Waals surface area contributed by atoms with Gasteiger partial charge in [0, 0.05) is 28.6 Å². The molecule has 0 aliphatic heterocycles. The first-order valence-electron chi connectivity index (χ1n) is 7.27. The number of thiazole rings is 1. The molecule has 9 nitrogen and oxygen atoms in total. The molecule has 2 aromatic carbocycles. The van der Waals surface area contributed by atoms with E-state index < -0.39 is 21.2 Å². The van der Waals surface area contributed by atoms with Crippen LogP contribution in [0.4, 0.5) is 16.5 Å². The first-order chi connectivity index (χ1) is 12.5. The molecule has 3 rings (SSSR count). The van der Waals surface area contributed by atoms with Crippen molar-refractivity contribution >= 4 is 34.1 Å². The van der Waals surface area contributed by atoms with Gasteiger partial charge < -0.3 is 0 Å². The maximum atomic E-state index is 10.9. The maximum absolute atomic E-state index is 10.9. The molecule has 0 bridgehead atoms. The predicted octanol–water partition coefficient (Wildman–Crippen LogP) is 4.07. The Morgan fingerprint density at radius 3 is 2.46 bits per heavy atom. The molecule has 0 amide bonds. The van der Waals surface area contributed by atoms with E-state index >= 15 is 0 Å². The van der Waals surface area contributed by atoms with Gasteiger partial charge in [-0.1, -0.05) is 30.3 Å². The van der Waals surface area contributed by atoms with Crippen LogP contribution in [0.3, 0.4) is 0 Å². The zero-order valence-electron chi connectivity index (χ0n) is 13.1. The van der Waals surface area contributed by atoms with E-state index in [4.69, 9.17) is 0 Å². The first-order valence-corrected chi connectivity index (χ1v) is 8.15. The summed E-state index contributed by atoms with van der Waals surface area (Å²) in [5.41, 5.74) is 3.74. The van der Waals surface area contributed by atoms with E-state index in [1.165, 1.54) is 23.6 Å². The van der Waals surface area contributed by atoms with Crippen LogP contribution in [0.2, 0.25) is 0 Å². The molecule has 0 aliphatic rings. The molecule has 0 saturated heterocycles. The Bertz CT molecular complexity index is 987. The lowest BCUT2D eigenvalue weighted by atomic mass is 10.2. The van der Waals surface area contributed by atoms with Crippen molar-refractivity contribution in [1.82, 2.24) is 4.98 Å². The van der Waals surface area contributed by atoms with Crippen LogP contribution in [0.1, 0.15) is 5.56 Å². The summed E-state index contributed by atoms with van der Waals surface area (Å²) in [6, 6.07) is 13.2. The Morgan fingerprint density at radius 1 is 1.04 bits per heavy atom. The van der Waals surface area contributed by atoms with E-state index in [9.17, 15) is 20.2 Å². The molecule has 0 spiro atoms. The molecule has 26 heavy (non-hydrogen) atoms. The van der Waals surface area contributed by atoms with E-state index in [1.807, 2.05) is 35.7 Å². The first kappa shape index (κ1) is 17.2. The lowest BCUT2D eigenvalue weighted by molar-refractivity contribution is -0.422. The fraction of sp³-hybridized carbons (Fsp3) is 0. The highest BCUT2D eigenvalue weighted by molar-refractivity contribution is 7.14. The van der Waals surface area contributed by atoms with Crippen molar-refractivity contribution in [1.29, 1.82) is 0 Å². The number of nitrogens with zero attached hydrogens (tertiary/aromatic N) is 4. The lowest BCUT2D eigenvalue weighted by Gasteiger charge is -1.97. The molecule has 0 unspecified atom stereocenters. The van der Waals surface area contributed by atoms with E-state index in [1.54, 1.807) is 0 Å². The summed E-state index contributed by atoms with van der Waals surface area (Å²) in [4.78, 5) is 24.5. The van der Waals surface area contributed by atoms with Gasteiger partial charge in [-0.2, -0.15) is 5.10 Å². The fourth-order valence-corrected chi connectivity index (χ4v) is 2.82. The second-order valence-corrected chi connectivity index (χ2v) is 5.89. The Balaban J connectivity index is 1.73. The number of aromatic nitrogens is 1. The molecule has 130 valence electrons. The van der Waals surface area contributed by atoms with Gasteiger partial charge >= 0.3 is 11.4 Å². The molecule has 0 radical (unpaired) electrons. The molecule has 10 heteroatoms. The third-order valence-corrected chi connectivity index (χ3v) is 4.09. The van der Waals surface area contributed by atoms with Gasteiger partial charge in [-0.25, -0.2) is 4.98 Å². The molecule has 0 fully saturated rings. The van der Waals surface area contributed by atoms with E-state index in [0.29, 0.717) is 10.7 Å². The number of nitro benzene ring substituents is 2. The minimum absolute atomic E-state index is 0.356. The zero-order chi connectivity index (χ0) is 18.5. The van der Waals surface area contributed by atoms with Crippen LogP contribution in [0.15, 0.2) is 59.0 Å². The zero-order valence-corrected chi connectivity index (χ0v) is 13.9. The maximum Gasteiger partial charge on any atom is 0.346 e. The third kappa shape index (κ3) is 3.87. The fourth-order valence-electron chi connectivity index (χ4n) is 2.15. The smallest absolute Gasteiger partial charge is 0.258 e. The number of hydrogen-bond acceptors (Lipinski definition) is 8. The van der Waals surface area contributed by atoms with Gasteiger partial charge in [0.25, 0.3) is 0 Å². The third-order valence-electron chi connectivity index (χ3n) is 3.34. The van der Waals surface area contributed by atoms with Crippen molar-refractivity contribution in [2.75, 3.05) is 5.43 Å². The molecule has 1 N–H and O–H groups in total. The van der Waals surface area contributed by atoms with Gasteiger partial charge in [0.1, 0.15) is 0 Å². The summed E-state index contributed by atoms with van der Waals surface area (Å²) in [5, 5.41) is 28.2. The van der Waals surface area contributed by atoms with Crippen molar-refractivity contribution in [3.8, 4) is 11.3 Å². The summed E-state index contributed by atoms with van der Waals surface area (Å²) in [7, 11) is 0. The van der Waals surface area contributed by atoms with Crippen molar-refractivity contribution in [2.24, 2.45) is 5.10 Å². The quantitative estimate of drug-likeness (QED) is 0.397. The Hall–Kier alpha value is -3.66. The van der Waals surface area contributed by atoms with Crippen LogP contribution >= 0.6 is 11.3 Å². The normalized spacial score (nSPS) is 10.8. The molecule has 3 aromatic rings. The highest BCUT2D eigenvalue weighted by atomic mass is 32.1. The van der Waals surface area contributed by atoms with Crippen molar-refractivity contribution < 1.29 is 9.85 Å². The van der Waals surface area contributed by atoms with Crippen LogP contribution in [0.5, 0.6) is 0 Å². The Morgan fingerprint density at radius 2 is 1.77 bits per heavy atom. The molecular formula is C16H11N5O4S. The van der Waals surface area contributed by atoms with Gasteiger partial charge in [0.2, 0.25) is 5.13 Å². The average molecular weight is 369 g/mol. The van der Waals surface area contributed by atoms with E-state index in [2.05, 4.69) is 15.5 Å². The topological polar surface area (TPSA) is 124 Å². The molecule has 1 heterocycles. The van der Waals surface area contributed by atoms with Crippen LogP contribution < -0.4 is 5.43 Å². The van der Waals surface area contributed by atoms with Crippen LogP contribution in [-0.4, -0.2) is 21.0 Å². The summed E-state index contributed by atoms with van der Waals surface area (Å²) >= 11 is 1.36. The number of anilines is 1. The van der Waals surface area contributed by atoms with Gasteiger partial charge in [-0.05, 0) is 6.07 Å². The van der Waals surface area contributed by atoms with Gasteiger partial charge in [0.05, 0.1) is 21.8 Å². The summed E-state index contributed by atoms with van der Waals surface area (Å²) < 4.78 is 0. The number of nitrogens with one attached hydrogen (secondary N) is 1. The number of benzene rings is 2. The van der Waals surface area contributed by atoms with Gasteiger partial charge in [-0.15, -0.1) is 11.3 Å². The highest BCUT2D eigenvalue weighted by Crippen LogP contribution is 2.27. The summed E-state index contributed by atoms with van der Waals surface area (Å²) in [5.74, 6) is 0. The molecular weight excluding hydrogens is 358 g/mol. The van der Waals surface area contributed by atoms with Crippen LogP contribution in [0, 0.1) is 20.2 Å². The molecule has 0 atom stereocenters. The summed E-state index contributed by atoms with van der Waals surface area (Å²) in [6.45, 7) is 0. The SMILES string of the molecule is O=[N+]([O-])c1ccc(C=NNc2nc(-c3ccccc3)cs2)cc1[N+](=O)[O-]. The minimum Gasteiger partial charge on any atom is -0.258 e. The van der Waals surface area contributed by atoms with Crippen LogP contribution in [0.25, 0.3) is 11.3 Å². The van der Waals surface area contributed by atoms with Gasteiger partial charge in [-0.3, -0.25) is 25.7 Å². The predicted molar refractivity (Wildman–Crippen MR) is 98.5 cm³/mol. The largest absolute Gasteiger partial charge is 0.346 e. The van der Waals surface area contributed by atoms with Crippen molar-refractivity contribution in [3.63, 3.8) is 0 Å². The number of hydrogen-bond donors (Lipinski definition) is 1. The second-order valence-electron chi connectivity index (χ2n) is 5.04. The molecule has 1 aromatic heterocycles. The van der Waals surface area contributed by atoms with Crippen molar-refractivity contribution in [3.05, 3.63) is 79.7 Å². The number of rotatable bonds is 6. The lowest BCUT2D eigenvalue weighted by Crippen LogP contribution is -1.98. The standard InChI is InChI=1S/C16H11N5O4S/c22-20(23)14-7-6-11(8-15(14)21(24)25)9-17-19-16-18-13(10-26-16)12-4-2-1-3-5-12/h1-10H,(H,18,19). The Labute approximate surface area is 150 Å².